The predicted molar refractivity (Wildman–Crippen MR) is 123 cm³/mol. The molecule has 0 unspecified atom stereocenters. The molecule has 2 aromatic carbocycles. The second-order valence-corrected chi connectivity index (χ2v) is 9.88. The van der Waals surface area contributed by atoms with Crippen LogP contribution in [-0.4, -0.2) is 50.0 Å². The van der Waals surface area contributed by atoms with Crippen molar-refractivity contribution in [2.75, 3.05) is 17.1 Å². The lowest BCUT2D eigenvalue weighted by Crippen LogP contribution is -2.52. The van der Waals surface area contributed by atoms with Gasteiger partial charge in [0.1, 0.15) is 18.4 Å². The highest BCUT2D eigenvalue weighted by molar-refractivity contribution is 7.92. The Hall–Kier alpha value is -3.08. The van der Waals surface area contributed by atoms with Crippen LogP contribution in [0.5, 0.6) is 0 Å². The van der Waals surface area contributed by atoms with Gasteiger partial charge in [0.05, 0.1) is 11.9 Å². The molecule has 0 aliphatic heterocycles. The van der Waals surface area contributed by atoms with Crippen molar-refractivity contribution in [3.8, 4) is 0 Å². The Morgan fingerprint density at radius 1 is 1.00 bits per heavy atom. The number of sulfonamides is 1. The maximum absolute atomic E-state index is 14.3. The monoisotopic (exact) mass is 499 g/mol. The van der Waals surface area contributed by atoms with Crippen LogP contribution in [0, 0.1) is 17.5 Å². The lowest BCUT2D eigenvalue weighted by Gasteiger charge is -2.32. The van der Waals surface area contributed by atoms with Gasteiger partial charge in [-0.2, -0.15) is 0 Å². The van der Waals surface area contributed by atoms with Crippen LogP contribution in [0.15, 0.2) is 42.5 Å². The second kappa shape index (κ2) is 11.4. The van der Waals surface area contributed by atoms with E-state index in [0.29, 0.717) is 16.8 Å². The van der Waals surface area contributed by atoms with Crippen LogP contribution in [0.25, 0.3) is 0 Å². The van der Waals surface area contributed by atoms with Gasteiger partial charge < -0.3 is 10.2 Å². The highest BCUT2D eigenvalue weighted by Gasteiger charge is 2.31. The van der Waals surface area contributed by atoms with Crippen molar-refractivity contribution in [3.63, 3.8) is 0 Å². The molecule has 1 N–H and O–H groups in total. The zero-order valence-corrected chi connectivity index (χ0v) is 20.2. The van der Waals surface area contributed by atoms with E-state index in [2.05, 4.69) is 5.32 Å². The van der Waals surface area contributed by atoms with Gasteiger partial charge in [0.15, 0.2) is 11.6 Å². The number of benzene rings is 2. The van der Waals surface area contributed by atoms with Crippen molar-refractivity contribution in [1.29, 1.82) is 0 Å². The van der Waals surface area contributed by atoms with Gasteiger partial charge >= 0.3 is 0 Å². The standard InChI is InChI=1S/C23H28F3N3O4S/c1-5-15(2)27-23(31)16(3)28(13-17-8-6-7-9-19(17)24)22(30)14-29(34(4,32)33)18-10-11-20(25)21(26)12-18/h6-12,15-16H,5,13-14H2,1-4H3,(H,27,31)/t15-,16+/m1/s1. The minimum absolute atomic E-state index is 0.123. The summed E-state index contributed by atoms with van der Waals surface area (Å²) in [4.78, 5) is 27.1. The number of hydrogen-bond acceptors (Lipinski definition) is 4. The number of anilines is 1. The number of amides is 2. The van der Waals surface area contributed by atoms with Gasteiger partial charge in [-0.3, -0.25) is 13.9 Å². The van der Waals surface area contributed by atoms with Gasteiger partial charge in [-0.25, -0.2) is 21.6 Å². The van der Waals surface area contributed by atoms with E-state index in [0.717, 1.165) is 23.3 Å². The molecule has 0 radical (unpaired) electrons. The molecule has 2 amide bonds. The average molecular weight is 500 g/mol. The van der Waals surface area contributed by atoms with E-state index < -0.39 is 51.9 Å². The lowest BCUT2D eigenvalue weighted by atomic mass is 10.1. The first-order valence-corrected chi connectivity index (χ1v) is 12.5. The molecule has 11 heteroatoms. The summed E-state index contributed by atoms with van der Waals surface area (Å²) in [5.74, 6) is -4.40. The smallest absolute Gasteiger partial charge is 0.244 e. The van der Waals surface area contributed by atoms with Crippen LogP contribution in [0.1, 0.15) is 32.8 Å². The molecular weight excluding hydrogens is 471 g/mol. The van der Waals surface area contributed by atoms with E-state index >= 15 is 0 Å². The minimum atomic E-state index is -4.10. The van der Waals surface area contributed by atoms with Crippen molar-refractivity contribution < 1.29 is 31.2 Å². The van der Waals surface area contributed by atoms with E-state index in [4.69, 9.17) is 0 Å². The molecule has 7 nitrogen and oxygen atoms in total. The summed E-state index contributed by atoms with van der Waals surface area (Å²) in [6.07, 6.45) is 1.44. The molecule has 0 aromatic heterocycles. The van der Waals surface area contributed by atoms with Gasteiger partial charge in [-0.05, 0) is 38.5 Å². The molecule has 2 rings (SSSR count). The molecule has 0 aliphatic carbocycles. The van der Waals surface area contributed by atoms with Gasteiger partial charge in [0.25, 0.3) is 0 Å². The van der Waals surface area contributed by atoms with Crippen molar-refractivity contribution in [1.82, 2.24) is 10.2 Å². The van der Waals surface area contributed by atoms with Crippen LogP contribution in [-0.2, 0) is 26.2 Å². The summed E-state index contributed by atoms with van der Waals surface area (Å²) in [7, 11) is -4.10. The Balaban J connectivity index is 2.42. The molecule has 0 saturated carbocycles. The van der Waals surface area contributed by atoms with E-state index in [1.54, 1.807) is 13.0 Å². The fraction of sp³-hybridized carbons (Fsp3) is 0.391. The van der Waals surface area contributed by atoms with Crippen LogP contribution >= 0.6 is 0 Å². The third-order valence-corrected chi connectivity index (χ3v) is 6.48. The van der Waals surface area contributed by atoms with Crippen LogP contribution in [0.2, 0.25) is 0 Å². The molecular formula is C23H28F3N3O4S. The van der Waals surface area contributed by atoms with Crippen LogP contribution < -0.4 is 9.62 Å². The first-order valence-electron chi connectivity index (χ1n) is 10.6. The molecule has 0 spiro atoms. The molecule has 34 heavy (non-hydrogen) atoms. The summed E-state index contributed by atoms with van der Waals surface area (Å²) in [6.45, 7) is 3.97. The summed E-state index contributed by atoms with van der Waals surface area (Å²) >= 11 is 0. The maximum Gasteiger partial charge on any atom is 0.244 e. The Morgan fingerprint density at radius 2 is 1.65 bits per heavy atom. The lowest BCUT2D eigenvalue weighted by molar-refractivity contribution is -0.139. The Morgan fingerprint density at radius 3 is 2.21 bits per heavy atom. The number of hydrogen-bond donors (Lipinski definition) is 1. The Kier molecular flexibility index (Phi) is 9.08. The fourth-order valence-electron chi connectivity index (χ4n) is 3.11. The van der Waals surface area contributed by atoms with Crippen molar-refractivity contribution >= 4 is 27.5 Å². The summed E-state index contributed by atoms with van der Waals surface area (Å²) in [5.41, 5.74) is -0.143. The molecule has 0 bridgehead atoms. The first-order chi connectivity index (χ1) is 15.8. The summed E-state index contributed by atoms with van der Waals surface area (Å²) < 4.78 is 66.8. The Bertz CT molecular complexity index is 1140. The fourth-order valence-corrected chi connectivity index (χ4v) is 3.95. The number of halogens is 3. The predicted octanol–water partition coefficient (Wildman–Crippen LogP) is 3.20. The number of nitrogens with one attached hydrogen (secondary N) is 1. The number of nitrogens with zero attached hydrogens (tertiary/aromatic N) is 2. The first kappa shape index (κ1) is 27.2. The Labute approximate surface area is 197 Å². The molecule has 186 valence electrons. The van der Waals surface area contributed by atoms with Gasteiger partial charge in [0.2, 0.25) is 21.8 Å². The SMILES string of the molecule is CC[C@@H](C)NC(=O)[C@H](C)N(Cc1ccccc1F)C(=O)CN(c1ccc(F)c(F)c1)S(C)(=O)=O. The highest BCUT2D eigenvalue weighted by atomic mass is 32.2. The zero-order chi connectivity index (χ0) is 25.6. The molecule has 0 saturated heterocycles. The third kappa shape index (κ3) is 6.96. The molecule has 0 heterocycles. The van der Waals surface area contributed by atoms with Gasteiger partial charge in [0, 0.05) is 24.2 Å². The van der Waals surface area contributed by atoms with Gasteiger partial charge in [-0.15, -0.1) is 0 Å². The van der Waals surface area contributed by atoms with Gasteiger partial charge in [-0.1, -0.05) is 25.1 Å². The summed E-state index contributed by atoms with van der Waals surface area (Å²) in [5, 5.41) is 2.74. The maximum atomic E-state index is 14.3. The zero-order valence-electron chi connectivity index (χ0n) is 19.4. The van der Waals surface area contributed by atoms with Crippen molar-refractivity contribution in [3.05, 3.63) is 65.5 Å². The number of rotatable bonds is 10. The normalized spacial score (nSPS) is 13.1. The molecule has 2 aromatic rings. The quantitative estimate of drug-likeness (QED) is 0.544. The van der Waals surface area contributed by atoms with E-state index in [1.807, 2.05) is 6.92 Å². The average Bonchev–Trinajstić information content (AvgIpc) is 2.77. The van der Waals surface area contributed by atoms with Crippen molar-refractivity contribution in [2.45, 2.75) is 45.8 Å². The third-order valence-electron chi connectivity index (χ3n) is 5.34. The largest absolute Gasteiger partial charge is 0.352 e. The number of carbonyl (C=O) groups excluding carboxylic acids is 2. The highest BCUT2D eigenvalue weighted by Crippen LogP contribution is 2.22. The molecule has 2 atom stereocenters. The molecule has 0 aliphatic rings. The van der Waals surface area contributed by atoms with Crippen LogP contribution in [0.4, 0.5) is 18.9 Å². The second-order valence-electron chi connectivity index (χ2n) is 7.97. The van der Waals surface area contributed by atoms with E-state index in [-0.39, 0.29) is 23.8 Å². The summed E-state index contributed by atoms with van der Waals surface area (Å²) in [6, 6.07) is 6.84. The van der Waals surface area contributed by atoms with Crippen molar-refractivity contribution in [2.24, 2.45) is 0 Å². The van der Waals surface area contributed by atoms with E-state index in [9.17, 15) is 31.2 Å². The van der Waals surface area contributed by atoms with E-state index in [1.165, 1.54) is 25.1 Å². The minimum Gasteiger partial charge on any atom is -0.352 e. The molecule has 0 fully saturated rings. The topological polar surface area (TPSA) is 86.8 Å². The van der Waals surface area contributed by atoms with Crippen LogP contribution in [0.3, 0.4) is 0 Å². The number of carbonyl (C=O) groups is 2.